The molecule has 0 aliphatic rings. The van der Waals surface area contributed by atoms with Crippen molar-refractivity contribution in [3.8, 4) is 11.1 Å². The summed E-state index contributed by atoms with van der Waals surface area (Å²) in [5.74, 6) is -0.726. The normalized spacial score (nSPS) is 11.9. The van der Waals surface area contributed by atoms with Crippen LogP contribution in [-0.2, 0) is 11.2 Å². The topological polar surface area (TPSA) is 43.1 Å². The molecule has 3 aromatic carbocycles. The molecule has 0 bridgehead atoms. The van der Waals surface area contributed by atoms with Crippen molar-refractivity contribution in [2.75, 3.05) is 0 Å². The van der Waals surface area contributed by atoms with E-state index in [1.165, 1.54) is 5.56 Å². The largest absolute Gasteiger partial charge is 0.369 e. The minimum Gasteiger partial charge on any atom is -0.369 e. The van der Waals surface area contributed by atoms with Gasteiger partial charge >= 0.3 is 0 Å². The Bertz CT molecular complexity index is 828. The van der Waals surface area contributed by atoms with Gasteiger partial charge in [0.05, 0.1) is 5.92 Å². The summed E-state index contributed by atoms with van der Waals surface area (Å²) >= 11 is 6.03. The number of nitrogens with two attached hydrogens (primary N) is 1. The molecule has 0 spiro atoms. The molecule has 3 aromatic rings. The van der Waals surface area contributed by atoms with Crippen LogP contribution < -0.4 is 5.73 Å². The lowest BCUT2D eigenvalue weighted by Gasteiger charge is -2.14. The predicted octanol–water partition coefficient (Wildman–Crippen LogP) is 4.82. The molecule has 1 amide bonds. The number of amides is 1. The van der Waals surface area contributed by atoms with Gasteiger partial charge in [0, 0.05) is 5.02 Å². The van der Waals surface area contributed by atoms with Crippen molar-refractivity contribution in [3.05, 3.63) is 95.0 Å². The molecule has 3 heteroatoms. The zero-order valence-corrected chi connectivity index (χ0v) is 13.9. The summed E-state index contributed by atoms with van der Waals surface area (Å²) in [5.41, 5.74) is 9.85. The van der Waals surface area contributed by atoms with Gasteiger partial charge in [-0.05, 0) is 40.8 Å². The van der Waals surface area contributed by atoms with E-state index in [-0.39, 0.29) is 11.8 Å². The molecule has 0 heterocycles. The van der Waals surface area contributed by atoms with Crippen molar-refractivity contribution in [1.29, 1.82) is 0 Å². The van der Waals surface area contributed by atoms with Crippen LogP contribution in [0.1, 0.15) is 17.0 Å². The van der Waals surface area contributed by atoms with E-state index in [1.54, 1.807) is 12.1 Å². The molecule has 120 valence electrons. The minimum absolute atomic E-state index is 0.343. The van der Waals surface area contributed by atoms with Crippen molar-refractivity contribution < 1.29 is 4.79 Å². The number of hydrogen-bond donors (Lipinski definition) is 1. The summed E-state index contributed by atoms with van der Waals surface area (Å²) in [6.45, 7) is 0. The van der Waals surface area contributed by atoms with Crippen molar-refractivity contribution >= 4 is 17.5 Å². The fourth-order valence-corrected chi connectivity index (χ4v) is 3.00. The molecule has 0 fully saturated rings. The summed E-state index contributed by atoms with van der Waals surface area (Å²) < 4.78 is 0. The fraction of sp³-hybridized carbons (Fsp3) is 0.0952. The fourth-order valence-electron chi connectivity index (χ4n) is 2.81. The SMILES string of the molecule is NC(=O)C(Cc1ccc(-c2ccccc2)cc1)c1cccc(Cl)c1. The molecule has 0 saturated carbocycles. The van der Waals surface area contributed by atoms with E-state index in [2.05, 4.69) is 24.3 Å². The maximum Gasteiger partial charge on any atom is 0.225 e. The van der Waals surface area contributed by atoms with E-state index in [1.807, 2.05) is 42.5 Å². The number of hydrogen-bond acceptors (Lipinski definition) is 1. The Hall–Kier alpha value is -2.58. The average Bonchev–Trinajstić information content (AvgIpc) is 2.61. The van der Waals surface area contributed by atoms with Crippen LogP contribution in [-0.4, -0.2) is 5.91 Å². The maximum atomic E-state index is 11.9. The van der Waals surface area contributed by atoms with Crippen LogP contribution >= 0.6 is 11.6 Å². The van der Waals surface area contributed by atoms with E-state index in [9.17, 15) is 4.79 Å². The van der Waals surface area contributed by atoms with Gasteiger partial charge in [-0.3, -0.25) is 4.79 Å². The lowest BCUT2D eigenvalue weighted by atomic mass is 9.91. The van der Waals surface area contributed by atoms with Gasteiger partial charge in [-0.15, -0.1) is 0 Å². The molecular weight excluding hydrogens is 318 g/mol. The number of primary amides is 1. The predicted molar refractivity (Wildman–Crippen MR) is 99.0 cm³/mol. The number of halogens is 1. The van der Waals surface area contributed by atoms with Crippen LogP contribution in [0.2, 0.25) is 5.02 Å². The summed E-state index contributed by atoms with van der Waals surface area (Å²) in [6.07, 6.45) is 0.560. The molecule has 24 heavy (non-hydrogen) atoms. The molecule has 3 rings (SSSR count). The van der Waals surface area contributed by atoms with Gasteiger partial charge in [-0.2, -0.15) is 0 Å². The van der Waals surface area contributed by atoms with E-state index in [4.69, 9.17) is 17.3 Å². The number of rotatable bonds is 5. The van der Waals surface area contributed by atoms with E-state index in [0.717, 1.165) is 16.7 Å². The van der Waals surface area contributed by atoms with E-state index in [0.29, 0.717) is 11.4 Å². The standard InChI is InChI=1S/C21H18ClNO/c22-19-8-4-7-18(14-19)20(21(23)24)13-15-9-11-17(12-10-15)16-5-2-1-3-6-16/h1-12,14,20H,13H2,(H2,23,24). The Balaban J connectivity index is 1.82. The first-order valence-corrected chi connectivity index (χ1v) is 8.20. The minimum atomic E-state index is -0.383. The Morgan fingerprint density at radius 3 is 2.17 bits per heavy atom. The third kappa shape index (κ3) is 3.84. The van der Waals surface area contributed by atoms with Gasteiger partial charge < -0.3 is 5.73 Å². The summed E-state index contributed by atoms with van der Waals surface area (Å²) in [6, 6.07) is 25.7. The summed E-state index contributed by atoms with van der Waals surface area (Å²) in [4.78, 5) is 11.9. The molecule has 2 N–H and O–H groups in total. The van der Waals surface area contributed by atoms with Gasteiger partial charge in [-0.25, -0.2) is 0 Å². The molecule has 1 atom stereocenters. The van der Waals surface area contributed by atoms with Crippen LogP contribution in [0.5, 0.6) is 0 Å². The number of benzene rings is 3. The van der Waals surface area contributed by atoms with E-state index < -0.39 is 0 Å². The zero-order valence-electron chi connectivity index (χ0n) is 13.2. The highest BCUT2D eigenvalue weighted by atomic mass is 35.5. The lowest BCUT2D eigenvalue weighted by Crippen LogP contribution is -2.23. The third-order valence-electron chi connectivity index (χ3n) is 4.10. The van der Waals surface area contributed by atoms with E-state index >= 15 is 0 Å². The first-order valence-electron chi connectivity index (χ1n) is 7.82. The van der Waals surface area contributed by atoms with Gasteiger partial charge in [0.2, 0.25) is 5.91 Å². The second-order valence-corrected chi connectivity index (χ2v) is 6.21. The molecule has 0 saturated heterocycles. The van der Waals surface area contributed by atoms with Crippen LogP contribution in [0.15, 0.2) is 78.9 Å². The number of carbonyl (C=O) groups excluding carboxylic acids is 1. The van der Waals surface area contributed by atoms with Crippen molar-refractivity contribution in [2.24, 2.45) is 5.73 Å². The lowest BCUT2D eigenvalue weighted by molar-refractivity contribution is -0.119. The quantitative estimate of drug-likeness (QED) is 0.713. The Morgan fingerprint density at radius 2 is 1.54 bits per heavy atom. The van der Waals surface area contributed by atoms with Gasteiger partial charge in [0.25, 0.3) is 0 Å². The Morgan fingerprint density at radius 1 is 0.875 bits per heavy atom. The van der Waals surface area contributed by atoms with Crippen molar-refractivity contribution in [1.82, 2.24) is 0 Å². The van der Waals surface area contributed by atoms with Crippen LogP contribution in [0.25, 0.3) is 11.1 Å². The highest BCUT2D eigenvalue weighted by Crippen LogP contribution is 2.25. The average molecular weight is 336 g/mol. The highest BCUT2D eigenvalue weighted by Gasteiger charge is 2.18. The summed E-state index contributed by atoms with van der Waals surface area (Å²) in [7, 11) is 0. The van der Waals surface area contributed by atoms with Crippen LogP contribution in [0.3, 0.4) is 0 Å². The molecule has 0 aliphatic heterocycles. The Labute approximate surface area is 146 Å². The van der Waals surface area contributed by atoms with Crippen LogP contribution in [0, 0.1) is 0 Å². The molecule has 0 aromatic heterocycles. The number of carbonyl (C=O) groups is 1. The first kappa shape index (κ1) is 16.3. The van der Waals surface area contributed by atoms with Gasteiger partial charge in [0.15, 0.2) is 0 Å². The monoisotopic (exact) mass is 335 g/mol. The highest BCUT2D eigenvalue weighted by molar-refractivity contribution is 6.30. The molecular formula is C21H18ClNO. The Kier molecular flexibility index (Phi) is 4.97. The van der Waals surface area contributed by atoms with Crippen molar-refractivity contribution in [2.45, 2.75) is 12.3 Å². The smallest absolute Gasteiger partial charge is 0.225 e. The van der Waals surface area contributed by atoms with Gasteiger partial charge in [0.1, 0.15) is 0 Å². The van der Waals surface area contributed by atoms with Crippen LogP contribution in [0.4, 0.5) is 0 Å². The second kappa shape index (κ2) is 7.33. The first-order chi connectivity index (χ1) is 11.6. The third-order valence-corrected chi connectivity index (χ3v) is 4.33. The molecule has 0 radical (unpaired) electrons. The molecule has 0 aliphatic carbocycles. The maximum absolute atomic E-state index is 11.9. The van der Waals surface area contributed by atoms with Gasteiger partial charge in [-0.1, -0.05) is 78.3 Å². The molecule has 1 unspecified atom stereocenters. The summed E-state index contributed by atoms with van der Waals surface area (Å²) in [5, 5.41) is 0.609. The zero-order chi connectivity index (χ0) is 16.9. The molecule has 2 nitrogen and oxygen atoms in total. The second-order valence-electron chi connectivity index (χ2n) is 5.78. The van der Waals surface area contributed by atoms with Crippen molar-refractivity contribution in [3.63, 3.8) is 0 Å².